The molecule has 0 saturated heterocycles. The Hall–Kier alpha value is -1.86. The second-order valence-electron chi connectivity index (χ2n) is 5.45. The summed E-state index contributed by atoms with van der Waals surface area (Å²) in [6.07, 6.45) is 2.35. The van der Waals surface area contributed by atoms with Crippen LogP contribution in [0.5, 0.6) is 5.75 Å². The molecule has 0 saturated carbocycles. The number of rotatable bonds is 9. The molecular formula is C15H24N2O5. The van der Waals surface area contributed by atoms with Crippen LogP contribution in [0.15, 0.2) is 10.9 Å². The average molecular weight is 312 g/mol. The Bertz CT molecular complexity index is 568. The van der Waals surface area contributed by atoms with E-state index >= 15 is 0 Å². The summed E-state index contributed by atoms with van der Waals surface area (Å²) in [7, 11) is 1.62. The molecule has 0 spiro atoms. The number of aliphatic hydroxyl groups is 1. The fourth-order valence-electron chi connectivity index (χ4n) is 2.39. The number of pyridine rings is 1. The zero-order valence-electron chi connectivity index (χ0n) is 13.1. The Balaban J connectivity index is 3.00. The van der Waals surface area contributed by atoms with Crippen LogP contribution in [0.3, 0.4) is 0 Å². The summed E-state index contributed by atoms with van der Waals surface area (Å²) in [6, 6.07) is 1.38. The third-order valence-electron chi connectivity index (χ3n) is 3.46. The Morgan fingerprint density at radius 3 is 2.59 bits per heavy atom. The molecule has 0 aliphatic heterocycles. The monoisotopic (exact) mass is 312 g/mol. The molecule has 0 radical (unpaired) electrons. The van der Waals surface area contributed by atoms with E-state index in [1.54, 1.807) is 14.0 Å². The number of nitrogens with zero attached hydrogens (tertiary/aromatic N) is 2. The van der Waals surface area contributed by atoms with Gasteiger partial charge in [-0.15, -0.1) is 0 Å². The molecule has 0 aromatic carbocycles. The second kappa shape index (κ2) is 8.55. The number of aromatic nitrogens is 1. The van der Waals surface area contributed by atoms with Gasteiger partial charge in [-0.25, -0.2) is 0 Å². The van der Waals surface area contributed by atoms with E-state index in [0.717, 1.165) is 18.5 Å². The molecule has 7 nitrogen and oxygen atoms in total. The first-order valence-corrected chi connectivity index (χ1v) is 7.30. The van der Waals surface area contributed by atoms with Crippen LogP contribution in [0.2, 0.25) is 0 Å². The van der Waals surface area contributed by atoms with Crippen LogP contribution in [0.1, 0.15) is 30.7 Å². The molecule has 0 aliphatic rings. The summed E-state index contributed by atoms with van der Waals surface area (Å²) in [6.45, 7) is 2.53. The molecule has 1 rings (SSSR count). The van der Waals surface area contributed by atoms with Crippen molar-refractivity contribution in [1.29, 1.82) is 0 Å². The van der Waals surface area contributed by atoms with Crippen molar-refractivity contribution in [3.8, 4) is 5.75 Å². The lowest BCUT2D eigenvalue weighted by Gasteiger charge is -2.21. The fraction of sp³-hybridized carbons (Fsp3) is 0.600. The second-order valence-corrected chi connectivity index (χ2v) is 5.45. The summed E-state index contributed by atoms with van der Waals surface area (Å²) in [4.78, 5) is 24.0. The highest BCUT2D eigenvalue weighted by Gasteiger charge is 2.16. The summed E-state index contributed by atoms with van der Waals surface area (Å²) < 4.78 is 1.84. The highest BCUT2D eigenvalue weighted by Crippen LogP contribution is 2.17. The van der Waals surface area contributed by atoms with E-state index in [1.807, 2.05) is 4.57 Å². The van der Waals surface area contributed by atoms with Crippen molar-refractivity contribution < 1.29 is 20.1 Å². The SMILES string of the molecule is Cc1cc(=O)c(O)c(CN(C)CC(=O)O)n1CCCCCO. The number of likely N-dealkylation sites (N-methyl/N-ethyl adjacent to an activating group) is 1. The lowest BCUT2D eigenvalue weighted by Crippen LogP contribution is -2.28. The van der Waals surface area contributed by atoms with Gasteiger partial charge in [-0.3, -0.25) is 14.5 Å². The minimum absolute atomic E-state index is 0.141. The number of unbranched alkanes of at least 4 members (excludes halogenated alkanes) is 2. The van der Waals surface area contributed by atoms with E-state index in [-0.39, 0.29) is 25.4 Å². The molecule has 7 heteroatoms. The van der Waals surface area contributed by atoms with E-state index in [1.165, 1.54) is 11.0 Å². The largest absolute Gasteiger partial charge is 0.503 e. The highest BCUT2D eigenvalue weighted by atomic mass is 16.4. The molecule has 124 valence electrons. The van der Waals surface area contributed by atoms with Gasteiger partial charge in [0.05, 0.1) is 12.2 Å². The minimum atomic E-state index is -0.966. The summed E-state index contributed by atoms with van der Waals surface area (Å²) in [5.41, 5.74) is 0.700. The maximum atomic E-state index is 11.8. The third-order valence-corrected chi connectivity index (χ3v) is 3.46. The van der Waals surface area contributed by atoms with Gasteiger partial charge in [0.2, 0.25) is 5.43 Å². The molecule has 0 amide bonds. The predicted octanol–water partition coefficient (Wildman–Crippen LogP) is 0.541. The molecule has 0 atom stereocenters. The van der Waals surface area contributed by atoms with Crippen molar-refractivity contribution >= 4 is 5.97 Å². The number of aliphatic hydroxyl groups excluding tert-OH is 1. The summed E-state index contributed by atoms with van der Waals surface area (Å²) in [5, 5.41) is 27.7. The topological polar surface area (TPSA) is 103 Å². The number of carboxylic acid groups (broad SMARTS) is 1. The quantitative estimate of drug-likeness (QED) is 0.575. The van der Waals surface area contributed by atoms with Crippen molar-refractivity contribution in [3.63, 3.8) is 0 Å². The molecule has 1 aromatic rings. The van der Waals surface area contributed by atoms with E-state index in [0.29, 0.717) is 18.7 Å². The lowest BCUT2D eigenvalue weighted by atomic mass is 10.2. The van der Waals surface area contributed by atoms with Gasteiger partial charge in [0, 0.05) is 31.5 Å². The molecule has 1 heterocycles. The smallest absolute Gasteiger partial charge is 0.317 e. The van der Waals surface area contributed by atoms with E-state index < -0.39 is 11.4 Å². The van der Waals surface area contributed by atoms with Gasteiger partial charge in [0.25, 0.3) is 0 Å². The normalized spacial score (nSPS) is 11.1. The molecule has 3 N–H and O–H groups in total. The van der Waals surface area contributed by atoms with Crippen LogP contribution in [0.4, 0.5) is 0 Å². The van der Waals surface area contributed by atoms with Gasteiger partial charge in [-0.1, -0.05) is 0 Å². The van der Waals surface area contributed by atoms with Crippen LogP contribution >= 0.6 is 0 Å². The van der Waals surface area contributed by atoms with Gasteiger partial charge in [0.1, 0.15) is 0 Å². The Kier molecular flexibility index (Phi) is 7.07. The van der Waals surface area contributed by atoms with Crippen LogP contribution in [-0.2, 0) is 17.9 Å². The molecule has 0 unspecified atom stereocenters. The Morgan fingerprint density at radius 2 is 2.00 bits per heavy atom. The Morgan fingerprint density at radius 1 is 1.32 bits per heavy atom. The number of hydrogen-bond acceptors (Lipinski definition) is 5. The average Bonchev–Trinajstić information content (AvgIpc) is 2.42. The van der Waals surface area contributed by atoms with Crippen LogP contribution in [-0.4, -0.2) is 51.0 Å². The standard InChI is InChI=1S/C15H24N2O5/c1-11-8-13(19)15(22)12(9-16(2)10-14(20)21)17(11)6-4-3-5-7-18/h8,18,22H,3-7,9-10H2,1-2H3,(H,20,21). The van der Waals surface area contributed by atoms with Crippen molar-refractivity contribution in [2.45, 2.75) is 39.3 Å². The zero-order valence-corrected chi connectivity index (χ0v) is 13.1. The maximum Gasteiger partial charge on any atom is 0.317 e. The van der Waals surface area contributed by atoms with Gasteiger partial charge >= 0.3 is 5.97 Å². The van der Waals surface area contributed by atoms with Gasteiger partial charge in [-0.05, 0) is 33.2 Å². The molecule has 0 fully saturated rings. The number of carboxylic acids is 1. The van der Waals surface area contributed by atoms with E-state index in [9.17, 15) is 14.7 Å². The Labute approximate surface area is 129 Å². The van der Waals surface area contributed by atoms with Gasteiger partial charge < -0.3 is 19.9 Å². The molecule has 22 heavy (non-hydrogen) atoms. The van der Waals surface area contributed by atoms with E-state index in [4.69, 9.17) is 10.2 Å². The van der Waals surface area contributed by atoms with Gasteiger partial charge in [0.15, 0.2) is 5.75 Å². The molecule has 0 aliphatic carbocycles. The lowest BCUT2D eigenvalue weighted by molar-refractivity contribution is -0.138. The van der Waals surface area contributed by atoms with Crippen molar-refractivity contribution in [2.75, 3.05) is 20.2 Å². The van der Waals surface area contributed by atoms with Crippen molar-refractivity contribution in [1.82, 2.24) is 9.47 Å². The first-order valence-electron chi connectivity index (χ1n) is 7.30. The molecule has 1 aromatic heterocycles. The zero-order chi connectivity index (χ0) is 16.7. The van der Waals surface area contributed by atoms with Crippen LogP contribution in [0, 0.1) is 6.92 Å². The number of aryl methyl sites for hydroxylation is 1. The van der Waals surface area contributed by atoms with Gasteiger partial charge in [-0.2, -0.15) is 0 Å². The third kappa shape index (κ3) is 5.16. The minimum Gasteiger partial charge on any atom is -0.503 e. The van der Waals surface area contributed by atoms with Crippen LogP contribution in [0.25, 0.3) is 0 Å². The van der Waals surface area contributed by atoms with Crippen molar-refractivity contribution in [3.05, 3.63) is 27.7 Å². The molecular weight excluding hydrogens is 288 g/mol. The number of carbonyl (C=O) groups is 1. The maximum absolute atomic E-state index is 11.8. The predicted molar refractivity (Wildman–Crippen MR) is 82.0 cm³/mol. The van der Waals surface area contributed by atoms with Crippen molar-refractivity contribution in [2.24, 2.45) is 0 Å². The number of hydrogen-bond donors (Lipinski definition) is 3. The number of aromatic hydroxyl groups is 1. The molecule has 0 bridgehead atoms. The highest BCUT2D eigenvalue weighted by molar-refractivity contribution is 5.69. The first kappa shape index (κ1) is 18.2. The van der Waals surface area contributed by atoms with E-state index in [2.05, 4.69) is 0 Å². The fourth-order valence-corrected chi connectivity index (χ4v) is 2.39. The summed E-state index contributed by atoms with van der Waals surface area (Å²) >= 11 is 0. The first-order chi connectivity index (χ1) is 10.4. The summed E-state index contributed by atoms with van der Waals surface area (Å²) in [5.74, 6) is -1.29. The van der Waals surface area contributed by atoms with Crippen LogP contribution < -0.4 is 5.43 Å². The number of aliphatic carboxylic acids is 1.